The van der Waals surface area contributed by atoms with Crippen LogP contribution in [0.2, 0.25) is 5.02 Å². The number of benzene rings is 1. The monoisotopic (exact) mass is 325 g/mol. The normalized spacial score (nSPS) is 11.4. The minimum atomic E-state index is -0.807. The largest absolute Gasteiger partial charge is 0.481 e. The Morgan fingerprint density at radius 1 is 1.38 bits per heavy atom. The van der Waals surface area contributed by atoms with E-state index in [1.165, 1.54) is 11.3 Å². The molecule has 21 heavy (non-hydrogen) atoms. The first kappa shape index (κ1) is 15.7. The number of carboxylic acids is 1. The molecular weight excluding hydrogens is 310 g/mol. The molecule has 0 saturated carbocycles. The van der Waals surface area contributed by atoms with E-state index in [4.69, 9.17) is 16.7 Å². The molecule has 2 N–H and O–H groups in total. The smallest absolute Gasteiger partial charge is 0.303 e. The van der Waals surface area contributed by atoms with E-state index in [9.17, 15) is 4.79 Å². The number of aromatic nitrogens is 2. The Labute approximate surface area is 132 Å². The second-order valence-electron chi connectivity index (χ2n) is 5.29. The third kappa shape index (κ3) is 4.41. The lowest BCUT2D eigenvalue weighted by atomic mass is 9.99. The number of nitrogens with one attached hydrogen (secondary N) is 1. The number of carbonyl (C=O) groups is 1. The van der Waals surface area contributed by atoms with Crippen LogP contribution in [0, 0.1) is 0 Å². The summed E-state index contributed by atoms with van der Waals surface area (Å²) in [5.41, 5.74) is 0.475. The molecule has 0 saturated heterocycles. The molecule has 5 nitrogen and oxygen atoms in total. The molecule has 2 rings (SSSR count). The molecule has 7 heteroatoms. The first-order chi connectivity index (χ1) is 9.87. The third-order valence-electron chi connectivity index (χ3n) is 2.94. The van der Waals surface area contributed by atoms with Gasteiger partial charge in [-0.25, -0.2) is 0 Å². The maximum absolute atomic E-state index is 10.7. The minimum Gasteiger partial charge on any atom is -0.481 e. The second kappa shape index (κ2) is 6.41. The summed E-state index contributed by atoms with van der Waals surface area (Å²) in [5, 5.41) is 22.2. The maximum atomic E-state index is 10.7. The number of rotatable bonds is 6. The van der Waals surface area contributed by atoms with Gasteiger partial charge in [0.05, 0.1) is 5.02 Å². The summed E-state index contributed by atoms with van der Waals surface area (Å²) in [6, 6.07) is 7.46. The van der Waals surface area contributed by atoms with Gasteiger partial charge in [-0.2, -0.15) is 0 Å². The molecule has 0 spiro atoms. The molecule has 0 aliphatic carbocycles. The van der Waals surface area contributed by atoms with Crippen LogP contribution in [0.4, 0.5) is 5.13 Å². The first-order valence-electron chi connectivity index (χ1n) is 6.46. The lowest BCUT2D eigenvalue weighted by Gasteiger charge is -2.24. The first-order valence-corrected chi connectivity index (χ1v) is 7.65. The van der Waals surface area contributed by atoms with Crippen LogP contribution in [0.1, 0.15) is 26.7 Å². The Hall–Kier alpha value is -1.66. The summed E-state index contributed by atoms with van der Waals surface area (Å²) in [6.07, 6.45) is 0.611. The van der Waals surface area contributed by atoms with Crippen LogP contribution in [0.5, 0.6) is 0 Å². The zero-order valence-electron chi connectivity index (χ0n) is 11.8. The number of halogens is 1. The number of nitrogens with zero attached hydrogens (tertiary/aromatic N) is 2. The van der Waals surface area contributed by atoms with Crippen molar-refractivity contribution in [2.75, 3.05) is 5.32 Å². The molecule has 0 aliphatic rings. The van der Waals surface area contributed by atoms with Crippen molar-refractivity contribution in [2.24, 2.45) is 0 Å². The van der Waals surface area contributed by atoms with Gasteiger partial charge >= 0.3 is 5.97 Å². The number of aliphatic carboxylic acids is 1. The molecular formula is C14H16ClN3O2S. The van der Waals surface area contributed by atoms with Crippen molar-refractivity contribution in [3.05, 3.63) is 29.3 Å². The number of anilines is 1. The standard InChI is InChI=1S/C14H16ClN3O2S/c1-14(2,8-7-11(19)20)16-13-18-17-12(21-13)9-5-3-4-6-10(9)15/h3-6H,7-8H2,1-2H3,(H,16,18)(H,19,20). The highest BCUT2D eigenvalue weighted by molar-refractivity contribution is 7.18. The second-order valence-corrected chi connectivity index (χ2v) is 6.68. The van der Waals surface area contributed by atoms with Crippen LogP contribution in [0.25, 0.3) is 10.6 Å². The maximum Gasteiger partial charge on any atom is 0.303 e. The van der Waals surface area contributed by atoms with E-state index in [1.54, 1.807) is 0 Å². The van der Waals surface area contributed by atoms with Crippen molar-refractivity contribution in [1.82, 2.24) is 10.2 Å². The van der Waals surface area contributed by atoms with E-state index in [1.807, 2.05) is 38.1 Å². The van der Waals surface area contributed by atoms with Gasteiger partial charge < -0.3 is 10.4 Å². The molecule has 0 amide bonds. The molecule has 1 heterocycles. The third-order valence-corrected chi connectivity index (χ3v) is 4.14. The van der Waals surface area contributed by atoms with Gasteiger partial charge in [-0.3, -0.25) is 4.79 Å². The molecule has 1 aromatic carbocycles. The van der Waals surface area contributed by atoms with Gasteiger partial charge in [0.2, 0.25) is 5.13 Å². The van der Waals surface area contributed by atoms with Crippen LogP contribution in [-0.2, 0) is 4.79 Å². The average Bonchev–Trinajstić information content (AvgIpc) is 2.84. The average molecular weight is 326 g/mol. The predicted molar refractivity (Wildman–Crippen MR) is 84.9 cm³/mol. The van der Waals surface area contributed by atoms with E-state index < -0.39 is 5.97 Å². The van der Waals surface area contributed by atoms with E-state index in [2.05, 4.69) is 15.5 Å². The molecule has 1 aromatic heterocycles. The van der Waals surface area contributed by atoms with E-state index in [0.29, 0.717) is 16.6 Å². The van der Waals surface area contributed by atoms with E-state index in [0.717, 1.165) is 10.6 Å². The molecule has 0 atom stereocenters. The van der Waals surface area contributed by atoms with Crippen molar-refractivity contribution in [3.8, 4) is 10.6 Å². The Bertz CT molecular complexity index is 643. The summed E-state index contributed by atoms with van der Waals surface area (Å²) < 4.78 is 0. The van der Waals surface area contributed by atoms with Crippen molar-refractivity contribution in [3.63, 3.8) is 0 Å². The molecule has 2 aromatic rings. The SMILES string of the molecule is CC(C)(CCC(=O)O)Nc1nnc(-c2ccccc2Cl)s1. The molecule has 0 unspecified atom stereocenters. The van der Waals surface area contributed by atoms with Crippen LogP contribution < -0.4 is 5.32 Å². The van der Waals surface area contributed by atoms with Gasteiger partial charge in [0.15, 0.2) is 5.01 Å². The van der Waals surface area contributed by atoms with Gasteiger partial charge in [-0.05, 0) is 26.3 Å². The van der Waals surface area contributed by atoms with Crippen LogP contribution >= 0.6 is 22.9 Å². The molecule has 0 aliphatic heterocycles. The fraction of sp³-hybridized carbons (Fsp3) is 0.357. The highest BCUT2D eigenvalue weighted by Crippen LogP contribution is 2.32. The molecule has 112 valence electrons. The highest BCUT2D eigenvalue weighted by Gasteiger charge is 2.21. The van der Waals surface area contributed by atoms with Crippen molar-refractivity contribution < 1.29 is 9.90 Å². The summed E-state index contributed by atoms with van der Waals surface area (Å²) in [4.78, 5) is 10.7. The molecule has 0 fully saturated rings. The fourth-order valence-electron chi connectivity index (χ4n) is 1.79. The van der Waals surface area contributed by atoms with Crippen LogP contribution in [0.15, 0.2) is 24.3 Å². The number of hydrogen-bond donors (Lipinski definition) is 2. The molecule has 0 radical (unpaired) electrons. The Balaban J connectivity index is 2.10. The van der Waals surface area contributed by atoms with Gasteiger partial charge in [-0.1, -0.05) is 41.1 Å². The van der Waals surface area contributed by atoms with Crippen molar-refractivity contribution in [2.45, 2.75) is 32.2 Å². The van der Waals surface area contributed by atoms with Crippen LogP contribution in [0.3, 0.4) is 0 Å². The summed E-state index contributed by atoms with van der Waals surface area (Å²) >= 11 is 7.53. The summed E-state index contributed by atoms with van der Waals surface area (Å²) in [7, 11) is 0. The number of carboxylic acid groups (broad SMARTS) is 1. The van der Waals surface area contributed by atoms with Gasteiger partial charge in [-0.15, -0.1) is 10.2 Å². The Morgan fingerprint density at radius 2 is 2.10 bits per heavy atom. The zero-order valence-corrected chi connectivity index (χ0v) is 13.3. The van der Waals surface area contributed by atoms with Crippen molar-refractivity contribution in [1.29, 1.82) is 0 Å². The minimum absolute atomic E-state index is 0.107. The zero-order chi connectivity index (χ0) is 15.5. The van der Waals surface area contributed by atoms with Gasteiger partial charge in [0, 0.05) is 17.5 Å². The fourth-order valence-corrected chi connectivity index (χ4v) is 3.03. The van der Waals surface area contributed by atoms with E-state index in [-0.39, 0.29) is 12.0 Å². The lowest BCUT2D eigenvalue weighted by Crippen LogP contribution is -2.31. The predicted octanol–water partition coefficient (Wildman–Crippen LogP) is 3.91. The van der Waals surface area contributed by atoms with Crippen molar-refractivity contribution >= 4 is 34.0 Å². The Morgan fingerprint density at radius 3 is 2.76 bits per heavy atom. The lowest BCUT2D eigenvalue weighted by molar-refractivity contribution is -0.137. The summed E-state index contributed by atoms with van der Waals surface area (Å²) in [6.45, 7) is 3.87. The molecule has 0 bridgehead atoms. The van der Waals surface area contributed by atoms with E-state index >= 15 is 0 Å². The van der Waals surface area contributed by atoms with Gasteiger partial charge in [0.1, 0.15) is 0 Å². The topological polar surface area (TPSA) is 75.1 Å². The quantitative estimate of drug-likeness (QED) is 0.842. The van der Waals surface area contributed by atoms with Crippen LogP contribution in [-0.4, -0.2) is 26.8 Å². The number of hydrogen-bond acceptors (Lipinski definition) is 5. The highest BCUT2D eigenvalue weighted by atomic mass is 35.5. The summed E-state index contributed by atoms with van der Waals surface area (Å²) in [5.74, 6) is -0.807. The van der Waals surface area contributed by atoms with Gasteiger partial charge in [0.25, 0.3) is 0 Å². The Kier molecular flexibility index (Phi) is 4.80.